The van der Waals surface area contributed by atoms with E-state index in [4.69, 9.17) is 14.6 Å². The van der Waals surface area contributed by atoms with E-state index in [0.717, 1.165) is 6.29 Å². The van der Waals surface area contributed by atoms with Gasteiger partial charge in [0, 0.05) is 41.8 Å². The molecule has 0 aromatic heterocycles. The minimum absolute atomic E-state index is 0.111. The van der Waals surface area contributed by atoms with Gasteiger partial charge >= 0.3 is 11.9 Å². The van der Waals surface area contributed by atoms with Gasteiger partial charge in [-0.25, -0.2) is 4.79 Å². The minimum Gasteiger partial charge on any atom is -0.461 e. The Morgan fingerprint density at radius 3 is 2.78 bits per heavy atom. The van der Waals surface area contributed by atoms with Gasteiger partial charge in [0.15, 0.2) is 0 Å². The van der Waals surface area contributed by atoms with Gasteiger partial charge in [0.2, 0.25) is 0 Å². The van der Waals surface area contributed by atoms with Crippen molar-refractivity contribution in [1.82, 2.24) is 0 Å². The molecule has 3 fully saturated rings. The Balaban J connectivity index is 1.94. The van der Waals surface area contributed by atoms with Crippen LogP contribution in [0.4, 0.5) is 0 Å². The van der Waals surface area contributed by atoms with Crippen LogP contribution in [0.3, 0.4) is 0 Å². The third-order valence-electron chi connectivity index (χ3n) is 6.90. The first-order chi connectivity index (χ1) is 12.7. The molecular weight excluding hydrogens is 352 g/mol. The van der Waals surface area contributed by atoms with Crippen LogP contribution in [0.25, 0.3) is 0 Å². The first-order valence-electron chi connectivity index (χ1n) is 9.58. The van der Waals surface area contributed by atoms with Gasteiger partial charge in [0.05, 0.1) is 12.0 Å². The van der Waals surface area contributed by atoms with E-state index in [9.17, 15) is 19.5 Å². The fourth-order valence-corrected chi connectivity index (χ4v) is 5.37. The normalized spacial score (nSPS) is 43.3. The van der Waals surface area contributed by atoms with E-state index in [-0.39, 0.29) is 42.3 Å². The molecule has 7 nitrogen and oxygen atoms in total. The number of esters is 2. The van der Waals surface area contributed by atoms with Crippen molar-refractivity contribution in [3.8, 4) is 0 Å². The Kier molecular flexibility index (Phi) is 5.45. The lowest BCUT2D eigenvalue weighted by molar-refractivity contribution is -0.196. The van der Waals surface area contributed by atoms with Crippen molar-refractivity contribution in [2.24, 2.45) is 29.1 Å². The summed E-state index contributed by atoms with van der Waals surface area (Å²) < 4.78 is 11.3. The van der Waals surface area contributed by atoms with Crippen LogP contribution in [0, 0.1) is 29.1 Å². The molecule has 0 aromatic carbocycles. The van der Waals surface area contributed by atoms with Gasteiger partial charge in [0.25, 0.3) is 0 Å². The van der Waals surface area contributed by atoms with Crippen LogP contribution < -0.4 is 0 Å². The van der Waals surface area contributed by atoms with E-state index in [0.29, 0.717) is 19.3 Å². The third kappa shape index (κ3) is 3.21. The van der Waals surface area contributed by atoms with E-state index >= 15 is 0 Å². The van der Waals surface area contributed by atoms with Crippen LogP contribution in [0.2, 0.25) is 0 Å². The minimum atomic E-state index is -0.696. The van der Waals surface area contributed by atoms with E-state index in [2.05, 4.69) is 6.58 Å². The fraction of sp³-hybridized carbons (Fsp3) is 0.750. The summed E-state index contributed by atoms with van der Waals surface area (Å²) in [6, 6.07) is 0. The average molecular weight is 380 g/mol. The van der Waals surface area contributed by atoms with Crippen LogP contribution in [0.1, 0.15) is 39.5 Å². The van der Waals surface area contributed by atoms with Gasteiger partial charge < -0.3 is 24.5 Å². The van der Waals surface area contributed by atoms with Gasteiger partial charge in [-0.15, -0.1) is 0 Å². The van der Waals surface area contributed by atoms with Gasteiger partial charge in [0.1, 0.15) is 18.5 Å². The Morgan fingerprint density at radius 1 is 1.44 bits per heavy atom. The zero-order valence-corrected chi connectivity index (χ0v) is 15.8. The lowest BCUT2D eigenvalue weighted by Gasteiger charge is -2.55. The highest BCUT2D eigenvalue weighted by molar-refractivity contribution is 5.88. The molecule has 2 aliphatic carbocycles. The van der Waals surface area contributed by atoms with Crippen molar-refractivity contribution in [2.75, 3.05) is 6.61 Å². The lowest BCUT2D eigenvalue weighted by Crippen LogP contribution is -2.61. The summed E-state index contributed by atoms with van der Waals surface area (Å²) in [7, 11) is 0. The molecule has 0 radical (unpaired) electrons. The van der Waals surface area contributed by atoms with E-state index in [1.807, 2.05) is 6.92 Å². The number of carbonyl (C=O) groups excluding carboxylic acids is 3. The Labute approximate surface area is 158 Å². The van der Waals surface area contributed by atoms with E-state index in [1.54, 1.807) is 6.92 Å². The summed E-state index contributed by atoms with van der Waals surface area (Å²) in [5, 5.41) is 19.7. The standard InChI is InChI=1S/C20H28O7/c1-10(6-7-21)18(24)26-13-8-20(3)14(23)5-4-12(9-22)16(20)17-15(13)11(2)19(25)27-17/h9,11-17,21,23H,1,4-8H2,2-3H3/t11-,12-,13-,14+,15?,16?,17-,20-/m0/s1. The van der Waals surface area contributed by atoms with Crippen LogP contribution in [0.15, 0.2) is 12.2 Å². The van der Waals surface area contributed by atoms with Gasteiger partial charge in [-0.2, -0.15) is 0 Å². The molecule has 1 heterocycles. The summed E-state index contributed by atoms with van der Waals surface area (Å²) in [6.07, 6.45) is 0.534. The fourth-order valence-electron chi connectivity index (χ4n) is 5.37. The number of aliphatic hydroxyl groups excluding tert-OH is 2. The molecular formula is C20H28O7. The van der Waals surface area contributed by atoms with Gasteiger partial charge in [-0.1, -0.05) is 20.4 Å². The summed E-state index contributed by atoms with van der Waals surface area (Å²) >= 11 is 0. The number of rotatable bonds is 5. The van der Waals surface area contributed by atoms with Crippen molar-refractivity contribution in [3.05, 3.63) is 12.2 Å². The van der Waals surface area contributed by atoms with Crippen molar-refractivity contribution in [1.29, 1.82) is 0 Å². The van der Waals surface area contributed by atoms with Crippen LogP contribution >= 0.6 is 0 Å². The second-order valence-electron chi connectivity index (χ2n) is 8.42. The Hall–Kier alpha value is -1.73. The molecule has 2 N–H and O–H groups in total. The smallest absolute Gasteiger partial charge is 0.333 e. The molecule has 2 saturated carbocycles. The summed E-state index contributed by atoms with van der Waals surface area (Å²) in [5.74, 6) is -2.41. The lowest BCUT2D eigenvalue weighted by atomic mass is 9.51. The molecule has 1 aliphatic heterocycles. The molecule has 150 valence electrons. The number of hydrogen-bond acceptors (Lipinski definition) is 7. The first kappa shape index (κ1) is 20.0. The summed E-state index contributed by atoms with van der Waals surface area (Å²) in [4.78, 5) is 36.4. The monoisotopic (exact) mass is 380 g/mol. The second kappa shape index (κ2) is 7.36. The zero-order valence-electron chi connectivity index (χ0n) is 15.8. The first-order valence-corrected chi connectivity index (χ1v) is 9.58. The molecule has 8 atom stereocenters. The predicted molar refractivity (Wildman–Crippen MR) is 94.3 cm³/mol. The van der Waals surface area contributed by atoms with Crippen LogP contribution in [-0.4, -0.2) is 53.4 Å². The quantitative estimate of drug-likeness (QED) is 0.416. The van der Waals surface area contributed by atoms with E-state index in [1.165, 1.54) is 0 Å². The molecule has 7 heteroatoms. The SMILES string of the molecule is C=C(CCO)C(=O)O[C@H]1C[C@]2(C)C([C@H]3OC(=O)[C@@H](C)C31)[C@H](C=O)CC[C@H]2O. The topological polar surface area (TPSA) is 110 Å². The molecule has 0 bridgehead atoms. The van der Waals surface area contributed by atoms with Gasteiger partial charge in [-0.3, -0.25) is 4.79 Å². The molecule has 2 unspecified atom stereocenters. The Morgan fingerprint density at radius 2 is 2.15 bits per heavy atom. The number of fused-ring (bicyclic) bond motifs is 3. The van der Waals surface area contributed by atoms with Crippen molar-refractivity contribution < 1.29 is 34.1 Å². The van der Waals surface area contributed by atoms with Crippen molar-refractivity contribution >= 4 is 18.2 Å². The van der Waals surface area contributed by atoms with Crippen LogP contribution in [-0.2, 0) is 23.9 Å². The highest BCUT2D eigenvalue weighted by Crippen LogP contribution is 2.58. The maximum absolute atomic E-state index is 12.4. The Bertz CT molecular complexity index is 644. The summed E-state index contributed by atoms with van der Waals surface area (Å²) in [6.45, 7) is 7.06. The number of carbonyl (C=O) groups is 3. The summed E-state index contributed by atoms with van der Waals surface area (Å²) in [5.41, 5.74) is -0.535. The van der Waals surface area contributed by atoms with Crippen molar-refractivity contribution in [3.63, 3.8) is 0 Å². The highest BCUT2D eigenvalue weighted by Gasteiger charge is 2.64. The molecule has 0 aromatic rings. The molecule has 0 amide bonds. The third-order valence-corrected chi connectivity index (χ3v) is 6.90. The van der Waals surface area contributed by atoms with Gasteiger partial charge in [-0.05, 0) is 19.3 Å². The van der Waals surface area contributed by atoms with E-state index < -0.39 is 35.6 Å². The largest absolute Gasteiger partial charge is 0.461 e. The molecule has 3 aliphatic rings. The molecule has 3 rings (SSSR count). The number of aliphatic hydroxyl groups is 2. The van der Waals surface area contributed by atoms with Crippen molar-refractivity contribution in [2.45, 2.75) is 57.8 Å². The predicted octanol–water partition coefficient (Wildman–Crippen LogP) is 1.01. The highest BCUT2D eigenvalue weighted by atomic mass is 16.6. The molecule has 27 heavy (non-hydrogen) atoms. The van der Waals surface area contributed by atoms with Crippen LogP contribution in [0.5, 0.6) is 0 Å². The maximum atomic E-state index is 12.4. The molecule has 0 spiro atoms. The maximum Gasteiger partial charge on any atom is 0.333 e. The number of aldehydes is 1. The number of ether oxygens (including phenoxy) is 2. The zero-order chi connectivity index (χ0) is 19.9. The number of hydrogen-bond donors (Lipinski definition) is 2. The average Bonchev–Trinajstić information content (AvgIpc) is 2.91. The molecule has 1 saturated heterocycles. The second-order valence-corrected chi connectivity index (χ2v) is 8.42.